The van der Waals surface area contributed by atoms with Crippen molar-refractivity contribution in [2.24, 2.45) is 5.41 Å². The Morgan fingerprint density at radius 2 is 1.79 bits per heavy atom. The highest BCUT2D eigenvalue weighted by atomic mass is 16.2. The molecule has 2 amide bonds. The average Bonchev–Trinajstić information content (AvgIpc) is 3.23. The van der Waals surface area contributed by atoms with Gasteiger partial charge in [-0.1, -0.05) is 32.9 Å². The summed E-state index contributed by atoms with van der Waals surface area (Å²) in [5, 5.41) is 0. The van der Waals surface area contributed by atoms with Gasteiger partial charge in [-0.2, -0.15) is 0 Å². The lowest BCUT2D eigenvalue weighted by atomic mass is 9.82. The molecule has 1 unspecified atom stereocenters. The Morgan fingerprint density at radius 1 is 1.12 bits per heavy atom. The van der Waals surface area contributed by atoms with Crippen LogP contribution in [0.15, 0.2) is 36.8 Å². The van der Waals surface area contributed by atoms with E-state index in [0.717, 1.165) is 43.0 Å². The number of fused-ring (bicyclic) bond motifs is 3. The molecule has 1 atom stereocenters. The first-order chi connectivity index (χ1) is 11.5. The van der Waals surface area contributed by atoms with E-state index < -0.39 is 0 Å². The normalized spacial score (nSPS) is 20.0. The van der Waals surface area contributed by atoms with Gasteiger partial charge >= 0.3 is 6.03 Å². The summed E-state index contributed by atoms with van der Waals surface area (Å²) >= 11 is 0. The molecule has 4 rings (SSSR count). The van der Waals surface area contributed by atoms with Gasteiger partial charge in [-0.15, -0.1) is 0 Å². The lowest BCUT2D eigenvalue weighted by Crippen LogP contribution is -2.50. The molecule has 0 N–H and O–H groups in total. The van der Waals surface area contributed by atoms with Crippen molar-refractivity contribution in [1.82, 2.24) is 14.5 Å². The molecule has 0 radical (unpaired) electrons. The second kappa shape index (κ2) is 5.36. The summed E-state index contributed by atoms with van der Waals surface area (Å²) in [6.07, 6.45) is 5.94. The van der Waals surface area contributed by atoms with Crippen LogP contribution in [0.25, 0.3) is 5.69 Å². The summed E-state index contributed by atoms with van der Waals surface area (Å²) in [6, 6.07) is 8.20. The summed E-state index contributed by atoms with van der Waals surface area (Å²) in [6.45, 7) is 8.27. The third kappa shape index (κ3) is 2.22. The number of carbonyl (C=O) groups is 1. The Hall–Kier alpha value is -2.30. The van der Waals surface area contributed by atoms with Gasteiger partial charge in [-0.3, -0.25) is 9.47 Å². The van der Waals surface area contributed by atoms with E-state index in [-0.39, 0.29) is 17.5 Å². The highest BCUT2D eigenvalue weighted by Crippen LogP contribution is 2.47. The van der Waals surface area contributed by atoms with Gasteiger partial charge in [0.05, 0.1) is 35.6 Å². The summed E-state index contributed by atoms with van der Waals surface area (Å²) in [7, 11) is 0. The zero-order valence-electron chi connectivity index (χ0n) is 14.6. The Kier molecular flexibility index (Phi) is 3.41. The summed E-state index contributed by atoms with van der Waals surface area (Å²) in [4.78, 5) is 21.7. The minimum atomic E-state index is -0.0965. The molecule has 0 aliphatic carbocycles. The van der Waals surface area contributed by atoms with Crippen LogP contribution in [-0.2, 0) is 0 Å². The number of anilines is 1. The summed E-state index contributed by atoms with van der Waals surface area (Å²) in [5.41, 5.74) is 2.98. The first kappa shape index (κ1) is 15.2. The maximum Gasteiger partial charge on any atom is 0.325 e. The first-order valence-corrected chi connectivity index (χ1v) is 8.68. The molecule has 1 fully saturated rings. The van der Waals surface area contributed by atoms with Crippen LogP contribution >= 0.6 is 0 Å². The van der Waals surface area contributed by atoms with Gasteiger partial charge in [-0.25, -0.2) is 9.78 Å². The molecular weight excluding hydrogens is 300 g/mol. The quantitative estimate of drug-likeness (QED) is 0.735. The fourth-order valence-electron chi connectivity index (χ4n) is 3.96. The molecule has 0 spiro atoms. The van der Waals surface area contributed by atoms with Crippen LogP contribution in [0.5, 0.6) is 0 Å². The highest BCUT2D eigenvalue weighted by molar-refractivity contribution is 5.96. The smallest absolute Gasteiger partial charge is 0.324 e. The Balaban J connectivity index is 1.90. The van der Waals surface area contributed by atoms with Crippen molar-refractivity contribution in [2.45, 2.75) is 39.7 Å². The molecule has 2 aliphatic rings. The maximum absolute atomic E-state index is 13.4. The topological polar surface area (TPSA) is 41.4 Å². The zero-order chi connectivity index (χ0) is 16.9. The van der Waals surface area contributed by atoms with Gasteiger partial charge in [0.15, 0.2) is 0 Å². The number of hydrogen-bond donors (Lipinski definition) is 0. The van der Waals surface area contributed by atoms with Crippen LogP contribution in [0.4, 0.5) is 10.5 Å². The van der Waals surface area contributed by atoms with Gasteiger partial charge in [0.25, 0.3) is 0 Å². The summed E-state index contributed by atoms with van der Waals surface area (Å²) < 4.78 is 2.12. The molecule has 0 bridgehead atoms. The fourth-order valence-corrected chi connectivity index (χ4v) is 3.96. The van der Waals surface area contributed by atoms with E-state index in [1.807, 2.05) is 40.5 Å². The molecule has 2 aromatic rings. The zero-order valence-corrected chi connectivity index (χ0v) is 14.6. The van der Waals surface area contributed by atoms with Gasteiger partial charge in [0, 0.05) is 13.1 Å². The Bertz CT molecular complexity index is 768. The van der Waals surface area contributed by atoms with E-state index >= 15 is 0 Å². The molecule has 1 aromatic carbocycles. The van der Waals surface area contributed by atoms with E-state index in [1.165, 1.54) is 0 Å². The molecule has 24 heavy (non-hydrogen) atoms. The van der Waals surface area contributed by atoms with Crippen molar-refractivity contribution in [1.29, 1.82) is 0 Å². The van der Waals surface area contributed by atoms with Crippen molar-refractivity contribution in [3.8, 4) is 5.69 Å². The number of hydrogen-bond acceptors (Lipinski definition) is 2. The predicted molar refractivity (Wildman–Crippen MR) is 94.4 cm³/mol. The van der Waals surface area contributed by atoms with Crippen LogP contribution in [0, 0.1) is 5.41 Å². The van der Waals surface area contributed by atoms with Gasteiger partial charge in [0.2, 0.25) is 0 Å². The van der Waals surface area contributed by atoms with Crippen molar-refractivity contribution in [2.75, 3.05) is 18.0 Å². The predicted octanol–water partition coefficient (Wildman–Crippen LogP) is 4.00. The van der Waals surface area contributed by atoms with Crippen LogP contribution in [0.3, 0.4) is 0 Å². The molecule has 0 saturated carbocycles. The van der Waals surface area contributed by atoms with Crippen molar-refractivity contribution in [3.05, 3.63) is 42.5 Å². The van der Waals surface area contributed by atoms with Gasteiger partial charge in [-0.05, 0) is 30.4 Å². The number of para-hydroxylation sites is 2. The number of likely N-dealkylation sites (tertiary alicyclic amines) is 1. The number of nitrogens with zero attached hydrogens (tertiary/aromatic N) is 4. The largest absolute Gasteiger partial charge is 0.325 e. The number of urea groups is 1. The van der Waals surface area contributed by atoms with Crippen molar-refractivity contribution < 1.29 is 4.79 Å². The number of imidazole rings is 1. The monoisotopic (exact) mass is 324 g/mol. The molecule has 3 heterocycles. The maximum atomic E-state index is 13.4. The lowest BCUT2D eigenvalue weighted by Gasteiger charge is -2.45. The molecule has 126 valence electrons. The molecule has 2 aliphatic heterocycles. The molecule has 1 aromatic heterocycles. The second-order valence-corrected chi connectivity index (χ2v) is 7.79. The molecule has 5 heteroatoms. The molecule has 5 nitrogen and oxygen atoms in total. The highest BCUT2D eigenvalue weighted by Gasteiger charge is 2.43. The number of aromatic nitrogens is 2. The lowest BCUT2D eigenvalue weighted by molar-refractivity contribution is 0.201. The molecule has 1 saturated heterocycles. The van der Waals surface area contributed by atoms with E-state index in [1.54, 1.807) is 0 Å². The minimum Gasteiger partial charge on any atom is -0.324 e. The number of benzene rings is 1. The third-order valence-electron chi connectivity index (χ3n) is 5.01. The van der Waals surface area contributed by atoms with Gasteiger partial charge < -0.3 is 4.90 Å². The van der Waals surface area contributed by atoms with Crippen LogP contribution in [0.1, 0.15) is 45.3 Å². The number of carbonyl (C=O) groups excluding carboxylic acids is 1. The fraction of sp³-hybridized carbons (Fsp3) is 0.474. The van der Waals surface area contributed by atoms with Crippen LogP contribution in [-0.4, -0.2) is 33.6 Å². The standard InChI is InChI=1S/C19H24N4O/c1-19(2,3)17-16-12-20-13-22(16)14-8-4-5-9-15(14)23(17)18(24)21-10-6-7-11-21/h4-5,8-9,12-13,17H,6-7,10-11H2,1-3H3. The van der Waals surface area contributed by atoms with E-state index in [0.29, 0.717) is 0 Å². The first-order valence-electron chi connectivity index (χ1n) is 8.68. The van der Waals surface area contributed by atoms with Crippen LogP contribution in [0.2, 0.25) is 0 Å². The van der Waals surface area contributed by atoms with Crippen molar-refractivity contribution in [3.63, 3.8) is 0 Å². The minimum absolute atomic E-state index is 0.0389. The van der Waals surface area contributed by atoms with Crippen LogP contribution < -0.4 is 4.90 Å². The Labute approximate surface area is 142 Å². The van der Waals surface area contributed by atoms with E-state index in [4.69, 9.17) is 0 Å². The van der Waals surface area contributed by atoms with Crippen molar-refractivity contribution >= 4 is 11.7 Å². The van der Waals surface area contributed by atoms with E-state index in [2.05, 4.69) is 36.4 Å². The SMILES string of the molecule is CC(C)(C)C1c2cncn2-c2ccccc2N1C(=O)N1CCCC1. The third-order valence-corrected chi connectivity index (χ3v) is 5.01. The average molecular weight is 324 g/mol. The Morgan fingerprint density at radius 3 is 2.46 bits per heavy atom. The number of rotatable bonds is 0. The summed E-state index contributed by atoms with van der Waals surface area (Å²) in [5.74, 6) is 0. The van der Waals surface area contributed by atoms with Gasteiger partial charge in [0.1, 0.15) is 0 Å². The number of amides is 2. The molecular formula is C19H24N4O. The second-order valence-electron chi connectivity index (χ2n) is 7.79. The van der Waals surface area contributed by atoms with E-state index in [9.17, 15) is 4.79 Å².